The standard InChI is InChI=1S/C27H23Cl2N3O2S2/c1-2-24(26(34)32-27-31-23(16-35-27)18-8-12-20(29)13-9-18)36-22-5-3-4-21(15-22)30-25(33)14-17-6-10-19(28)11-7-17/h3-13,15-16,24H,2,14H2,1H3,(H,30,33)(H,31,32,34). The van der Waals surface area contributed by atoms with Gasteiger partial charge in [-0.3, -0.25) is 9.59 Å². The number of halogens is 2. The molecule has 184 valence electrons. The van der Waals surface area contributed by atoms with Gasteiger partial charge < -0.3 is 10.6 Å². The number of thioether (sulfide) groups is 1. The molecule has 4 rings (SSSR count). The molecular formula is C27H23Cl2N3O2S2. The third kappa shape index (κ3) is 7.34. The van der Waals surface area contributed by atoms with Crippen LogP contribution in [0.4, 0.5) is 10.8 Å². The smallest absolute Gasteiger partial charge is 0.239 e. The van der Waals surface area contributed by atoms with E-state index < -0.39 is 0 Å². The van der Waals surface area contributed by atoms with E-state index in [1.807, 2.05) is 73.0 Å². The minimum absolute atomic E-state index is 0.114. The Kier molecular flexibility index (Phi) is 9.04. The van der Waals surface area contributed by atoms with Crippen molar-refractivity contribution in [2.75, 3.05) is 10.6 Å². The molecular weight excluding hydrogens is 533 g/mol. The quantitative estimate of drug-likeness (QED) is 0.206. The number of benzene rings is 3. The zero-order valence-electron chi connectivity index (χ0n) is 19.3. The molecule has 0 radical (unpaired) electrons. The fourth-order valence-electron chi connectivity index (χ4n) is 3.40. The number of carbonyl (C=O) groups excluding carboxylic acids is 2. The van der Waals surface area contributed by atoms with Crippen LogP contribution in [0.1, 0.15) is 18.9 Å². The summed E-state index contributed by atoms with van der Waals surface area (Å²) in [5.41, 5.74) is 3.29. The van der Waals surface area contributed by atoms with Crippen LogP contribution in [0.2, 0.25) is 10.0 Å². The minimum Gasteiger partial charge on any atom is -0.326 e. The van der Waals surface area contributed by atoms with Crippen molar-refractivity contribution in [1.82, 2.24) is 4.98 Å². The maximum atomic E-state index is 13.0. The van der Waals surface area contributed by atoms with Gasteiger partial charge in [-0.15, -0.1) is 23.1 Å². The summed E-state index contributed by atoms with van der Waals surface area (Å²) in [6.07, 6.45) is 0.888. The summed E-state index contributed by atoms with van der Waals surface area (Å²) in [5, 5.41) is 9.30. The maximum Gasteiger partial charge on any atom is 0.239 e. The lowest BCUT2D eigenvalue weighted by Gasteiger charge is -2.14. The van der Waals surface area contributed by atoms with Gasteiger partial charge in [0.1, 0.15) is 0 Å². The first-order valence-corrected chi connectivity index (χ1v) is 13.7. The van der Waals surface area contributed by atoms with Gasteiger partial charge in [0.05, 0.1) is 17.4 Å². The Bertz CT molecular complexity index is 1340. The Morgan fingerprint density at radius 1 is 0.972 bits per heavy atom. The van der Waals surface area contributed by atoms with E-state index in [1.54, 1.807) is 12.1 Å². The summed E-state index contributed by atoms with van der Waals surface area (Å²) >= 11 is 14.7. The van der Waals surface area contributed by atoms with Gasteiger partial charge in [-0.25, -0.2) is 4.98 Å². The summed E-state index contributed by atoms with van der Waals surface area (Å²) in [7, 11) is 0. The molecule has 0 aliphatic heterocycles. The first kappa shape index (κ1) is 26.2. The molecule has 2 N–H and O–H groups in total. The SMILES string of the molecule is CCC(Sc1cccc(NC(=O)Cc2ccc(Cl)cc2)c1)C(=O)Nc1nc(-c2ccc(Cl)cc2)cs1. The number of rotatable bonds is 9. The Labute approximate surface area is 228 Å². The van der Waals surface area contributed by atoms with Crippen molar-refractivity contribution in [3.63, 3.8) is 0 Å². The van der Waals surface area contributed by atoms with Crippen molar-refractivity contribution >= 4 is 68.9 Å². The predicted octanol–water partition coefficient (Wildman–Crippen LogP) is 7.81. The van der Waals surface area contributed by atoms with Crippen molar-refractivity contribution in [3.8, 4) is 11.3 Å². The van der Waals surface area contributed by atoms with Crippen molar-refractivity contribution in [3.05, 3.63) is 93.8 Å². The number of anilines is 2. The molecule has 1 unspecified atom stereocenters. The number of hydrogen-bond donors (Lipinski definition) is 2. The highest BCUT2D eigenvalue weighted by molar-refractivity contribution is 8.00. The van der Waals surface area contributed by atoms with Gasteiger partial charge in [0.2, 0.25) is 11.8 Å². The number of thiazole rings is 1. The van der Waals surface area contributed by atoms with Crippen molar-refractivity contribution in [2.24, 2.45) is 0 Å². The molecule has 9 heteroatoms. The van der Waals surface area contributed by atoms with Crippen LogP contribution < -0.4 is 10.6 Å². The molecule has 5 nitrogen and oxygen atoms in total. The van der Waals surface area contributed by atoms with Crippen molar-refractivity contribution < 1.29 is 9.59 Å². The summed E-state index contributed by atoms with van der Waals surface area (Å²) in [4.78, 5) is 30.9. The molecule has 0 fully saturated rings. The largest absolute Gasteiger partial charge is 0.326 e. The second kappa shape index (κ2) is 12.4. The van der Waals surface area contributed by atoms with E-state index in [4.69, 9.17) is 23.2 Å². The molecule has 0 aliphatic carbocycles. The van der Waals surface area contributed by atoms with E-state index in [-0.39, 0.29) is 23.5 Å². The number of hydrogen-bond acceptors (Lipinski definition) is 5. The van der Waals surface area contributed by atoms with Crippen LogP contribution in [0.15, 0.2) is 83.1 Å². The van der Waals surface area contributed by atoms with Gasteiger partial charge in [-0.05, 0) is 54.4 Å². The Hall–Kier alpha value is -2.84. The Balaban J connectivity index is 1.35. The van der Waals surface area contributed by atoms with Crippen LogP contribution in [0.3, 0.4) is 0 Å². The Morgan fingerprint density at radius 2 is 1.67 bits per heavy atom. The molecule has 4 aromatic rings. The van der Waals surface area contributed by atoms with E-state index in [2.05, 4.69) is 15.6 Å². The van der Waals surface area contributed by atoms with Gasteiger partial charge >= 0.3 is 0 Å². The average Bonchev–Trinajstić information content (AvgIpc) is 3.33. The summed E-state index contributed by atoms with van der Waals surface area (Å²) in [6.45, 7) is 1.97. The van der Waals surface area contributed by atoms with Crippen LogP contribution in [0.5, 0.6) is 0 Å². The van der Waals surface area contributed by atoms with E-state index in [1.165, 1.54) is 23.1 Å². The van der Waals surface area contributed by atoms with E-state index >= 15 is 0 Å². The van der Waals surface area contributed by atoms with Gasteiger partial charge in [-0.2, -0.15) is 0 Å². The van der Waals surface area contributed by atoms with Crippen LogP contribution in [-0.4, -0.2) is 22.0 Å². The molecule has 0 saturated heterocycles. The molecule has 1 heterocycles. The fourth-order valence-corrected chi connectivity index (χ4v) is 5.38. The minimum atomic E-state index is -0.312. The van der Waals surface area contributed by atoms with Gasteiger partial charge in [0.25, 0.3) is 0 Å². The second-order valence-corrected chi connectivity index (χ2v) is 10.9. The highest BCUT2D eigenvalue weighted by Crippen LogP contribution is 2.30. The molecule has 0 bridgehead atoms. The molecule has 1 aromatic heterocycles. The predicted molar refractivity (Wildman–Crippen MR) is 151 cm³/mol. The first-order chi connectivity index (χ1) is 17.4. The van der Waals surface area contributed by atoms with E-state index in [9.17, 15) is 9.59 Å². The fraction of sp³-hybridized carbons (Fsp3) is 0.148. The molecule has 3 aromatic carbocycles. The lowest BCUT2D eigenvalue weighted by Crippen LogP contribution is -2.24. The number of amides is 2. The number of aromatic nitrogens is 1. The molecule has 1 atom stereocenters. The molecule has 0 spiro atoms. The lowest BCUT2D eigenvalue weighted by atomic mass is 10.1. The van der Waals surface area contributed by atoms with Gasteiger partial charge in [-0.1, -0.05) is 60.5 Å². The van der Waals surface area contributed by atoms with Gasteiger partial charge in [0, 0.05) is 31.6 Å². The third-order valence-corrected chi connectivity index (χ3v) is 7.83. The summed E-state index contributed by atoms with van der Waals surface area (Å²) < 4.78 is 0. The third-order valence-electron chi connectivity index (χ3n) is 5.21. The maximum absolute atomic E-state index is 13.0. The number of nitrogens with one attached hydrogen (secondary N) is 2. The average molecular weight is 557 g/mol. The van der Waals surface area contributed by atoms with Crippen LogP contribution >= 0.6 is 46.3 Å². The second-order valence-electron chi connectivity index (χ2n) is 7.93. The van der Waals surface area contributed by atoms with Crippen LogP contribution in [0, 0.1) is 0 Å². The molecule has 0 aliphatic rings. The molecule has 36 heavy (non-hydrogen) atoms. The lowest BCUT2D eigenvalue weighted by molar-refractivity contribution is -0.116. The first-order valence-electron chi connectivity index (χ1n) is 11.2. The van der Waals surface area contributed by atoms with E-state index in [0.29, 0.717) is 27.3 Å². The molecule has 2 amide bonds. The monoisotopic (exact) mass is 555 g/mol. The summed E-state index contributed by atoms with van der Waals surface area (Å²) in [5.74, 6) is -0.235. The molecule has 0 saturated carbocycles. The van der Waals surface area contributed by atoms with Crippen molar-refractivity contribution in [1.29, 1.82) is 0 Å². The highest BCUT2D eigenvalue weighted by atomic mass is 35.5. The van der Waals surface area contributed by atoms with Gasteiger partial charge in [0.15, 0.2) is 5.13 Å². The number of carbonyl (C=O) groups is 2. The van der Waals surface area contributed by atoms with Crippen LogP contribution in [-0.2, 0) is 16.0 Å². The van der Waals surface area contributed by atoms with Crippen molar-refractivity contribution in [2.45, 2.75) is 29.9 Å². The number of nitrogens with zero attached hydrogens (tertiary/aromatic N) is 1. The van der Waals surface area contributed by atoms with Crippen LogP contribution in [0.25, 0.3) is 11.3 Å². The zero-order chi connectivity index (χ0) is 25.5. The highest BCUT2D eigenvalue weighted by Gasteiger charge is 2.20. The van der Waals surface area contributed by atoms with E-state index in [0.717, 1.165) is 21.7 Å². The normalized spacial score (nSPS) is 11.6. The topological polar surface area (TPSA) is 71.1 Å². The zero-order valence-corrected chi connectivity index (χ0v) is 22.5. The summed E-state index contributed by atoms with van der Waals surface area (Å²) in [6, 6.07) is 22.1. The Morgan fingerprint density at radius 3 is 2.36 bits per heavy atom.